The normalized spacial score (nSPS) is 18.0. The minimum absolute atomic E-state index is 0.0679. The Morgan fingerprint density at radius 3 is 2.36 bits per heavy atom. The standard InChI is InChI=1S/C26H30N6O/c1-18(2)26(33)32(23-9-5-20(6-10-23)21-16-29-31(3)17-21)24-11-7-22(8-12-24)30-25-13-4-19(14-27)15-28-25/h4-6,9-10,13,15-18,22,24H,7-8,11-12H2,1-3H3,(H,28,30)/t22-,24-. The number of aromatic nitrogens is 3. The van der Waals surface area contributed by atoms with E-state index in [-0.39, 0.29) is 17.9 Å². The van der Waals surface area contributed by atoms with Gasteiger partial charge in [0.05, 0.1) is 11.8 Å². The van der Waals surface area contributed by atoms with Crippen molar-refractivity contribution in [1.29, 1.82) is 5.26 Å². The maximum atomic E-state index is 13.2. The van der Waals surface area contributed by atoms with Gasteiger partial charge in [-0.05, 0) is 55.5 Å². The molecule has 170 valence electrons. The van der Waals surface area contributed by atoms with Crippen molar-refractivity contribution in [2.45, 2.75) is 51.6 Å². The van der Waals surface area contributed by atoms with E-state index in [2.05, 4.69) is 33.6 Å². The van der Waals surface area contributed by atoms with Crippen LogP contribution in [0.1, 0.15) is 45.1 Å². The predicted molar refractivity (Wildman–Crippen MR) is 130 cm³/mol. The first-order valence-corrected chi connectivity index (χ1v) is 11.5. The number of pyridine rings is 1. The number of hydrogen-bond donors (Lipinski definition) is 1. The highest BCUT2D eigenvalue weighted by Gasteiger charge is 2.31. The summed E-state index contributed by atoms with van der Waals surface area (Å²) in [5, 5.41) is 16.7. The van der Waals surface area contributed by atoms with Crippen LogP contribution in [0.2, 0.25) is 0 Å². The summed E-state index contributed by atoms with van der Waals surface area (Å²) in [7, 11) is 1.91. The van der Waals surface area contributed by atoms with Crippen molar-refractivity contribution < 1.29 is 4.79 Å². The summed E-state index contributed by atoms with van der Waals surface area (Å²) >= 11 is 0. The first-order chi connectivity index (χ1) is 15.9. The number of nitrogens with zero attached hydrogens (tertiary/aromatic N) is 5. The van der Waals surface area contributed by atoms with Crippen molar-refractivity contribution in [3.05, 3.63) is 60.6 Å². The van der Waals surface area contributed by atoms with Crippen molar-refractivity contribution >= 4 is 17.4 Å². The van der Waals surface area contributed by atoms with Crippen LogP contribution >= 0.6 is 0 Å². The van der Waals surface area contributed by atoms with E-state index in [0.29, 0.717) is 11.6 Å². The van der Waals surface area contributed by atoms with E-state index in [1.54, 1.807) is 16.9 Å². The highest BCUT2D eigenvalue weighted by atomic mass is 16.2. The molecule has 1 aliphatic rings. The first kappa shape index (κ1) is 22.5. The van der Waals surface area contributed by atoms with Crippen molar-refractivity contribution in [2.75, 3.05) is 10.2 Å². The molecule has 1 saturated carbocycles. The van der Waals surface area contributed by atoms with E-state index in [9.17, 15) is 4.79 Å². The zero-order valence-electron chi connectivity index (χ0n) is 19.4. The number of carbonyl (C=O) groups is 1. The lowest BCUT2D eigenvalue weighted by molar-refractivity contribution is -0.122. The predicted octanol–water partition coefficient (Wildman–Crippen LogP) is 4.77. The van der Waals surface area contributed by atoms with Crippen LogP contribution in [0.5, 0.6) is 0 Å². The number of anilines is 2. The number of amides is 1. The summed E-state index contributed by atoms with van der Waals surface area (Å²) in [6.07, 6.45) is 9.20. The van der Waals surface area contributed by atoms with Gasteiger partial charge in [0.25, 0.3) is 0 Å². The lowest BCUT2D eigenvalue weighted by atomic mass is 9.89. The molecule has 0 spiro atoms. The number of nitrogens with one attached hydrogen (secondary N) is 1. The number of hydrogen-bond acceptors (Lipinski definition) is 5. The van der Waals surface area contributed by atoms with E-state index < -0.39 is 0 Å². The van der Waals surface area contributed by atoms with Crippen LogP contribution in [-0.2, 0) is 11.8 Å². The quantitative estimate of drug-likeness (QED) is 0.594. The Morgan fingerprint density at radius 1 is 1.09 bits per heavy atom. The molecule has 7 heteroatoms. The maximum Gasteiger partial charge on any atom is 0.229 e. The summed E-state index contributed by atoms with van der Waals surface area (Å²) in [6.45, 7) is 3.92. The Labute approximate surface area is 195 Å². The average Bonchev–Trinajstić information content (AvgIpc) is 3.27. The largest absolute Gasteiger partial charge is 0.367 e. The van der Waals surface area contributed by atoms with Crippen LogP contribution in [0.15, 0.2) is 55.0 Å². The van der Waals surface area contributed by atoms with Crippen LogP contribution in [0.25, 0.3) is 11.1 Å². The number of benzene rings is 1. The third kappa shape index (κ3) is 5.23. The van der Waals surface area contributed by atoms with Crippen molar-refractivity contribution in [3.63, 3.8) is 0 Å². The zero-order valence-corrected chi connectivity index (χ0v) is 19.4. The molecule has 33 heavy (non-hydrogen) atoms. The van der Waals surface area contributed by atoms with Gasteiger partial charge in [-0.2, -0.15) is 10.4 Å². The second kappa shape index (κ2) is 9.86. The van der Waals surface area contributed by atoms with Gasteiger partial charge >= 0.3 is 0 Å². The molecule has 0 saturated heterocycles. The average molecular weight is 443 g/mol. The highest BCUT2D eigenvalue weighted by Crippen LogP contribution is 2.31. The van der Waals surface area contributed by atoms with Gasteiger partial charge in [-0.1, -0.05) is 26.0 Å². The summed E-state index contributed by atoms with van der Waals surface area (Å²) in [5.74, 6) is 0.884. The van der Waals surface area contributed by atoms with Crippen LogP contribution in [0, 0.1) is 17.2 Å². The fourth-order valence-corrected chi connectivity index (χ4v) is 4.41. The smallest absolute Gasteiger partial charge is 0.229 e. The molecule has 1 fully saturated rings. The van der Waals surface area contributed by atoms with Gasteiger partial charge in [0, 0.05) is 48.7 Å². The Hall–Kier alpha value is -3.66. The van der Waals surface area contributed by atoms with Gasteiger partial charge in [0.2, 0.25) is 5.91 Å². The van der Waals surface area contributed by atoms with Gasteiger partial charge in [0.1, 0.15) is 11.9 Å². The van der Waals surface area contributed by atoms with Gasteiger partial charge in [0.15, 0.2) is 0 Å². The molecule has 0 radical (unpaired) electrons. The van der Waals surface area contributed by atoms with Crippen LogP contribution in [-0.4, -0.2) is 32.8 Å². The Balaban J connectivity index is 1.45. The van der Waals surface area contributed by atoms with Gasteiger partial charge in [-0.3, -0.25) is 9.48 Å². The van der Waals surface area contributed by atoms with E-state index in [1.807, 2.05) is 56.4 Å². The first-order valence-electron chi connectivity index (χ1n) is 11.5. The molecule has 3 aromatic rings. The molecular formula is C26H30N6O. The van der Waals surface area contributed by atoms with Crippen LogP contribution in [0.3, 0.4) is 0 Å². The van der Waals surface area contributed by atoms with Crippen LogP contribution in [0.4, 0.5) is 11.5 Å². The second-order valence-electron chi connectivity index (χ2n) is 9.01. The summed E-state index contributed by atoms with van der Waals surface area (Å²) < 4.78 is 1.79. The van der Waals surface area contributed by atoms with Gasteiger partial charge < -0.3 is 10.2 Å². The van der Waals surface area contributed by atoms with E-state index in [1.165, 1.54) is 0 Å². The second-order valence-corrected chi connectivity index (χ2v) is 9.01. The Bertz CT molecular complexity index is 1120. The maximum absolute atomic E-state index is 13.2. The molecule has 2 heterocycles. The van der Waals surface area contributed by atoms with Gasteiger partial charge in [-0.25, -0.2) is 4.98 Å². The van der Waals surface area contributed by atoms with E-state index >= 15 is 0 Å². The van der Waals surface area contributed by atoms with Crippen molar-refractivity contribution in [2.24, 2.45) is 13.0 Å². The third-order valence-electron chi connectivity index (χ3n) is 6.22. The minimum atomic E-state index is -0.0679. The molecule has 1 amide bonds. The molecule has 0 atom stereocenters. The Morgan fingerprint density at radius 2 is 1.82 bits per heavy atom. The van der Waals surface area contributed by atoms with Gasteiger partial charge in [-0.15, -0.1) is 0 Å². The van der Waals surface area contributed by atoms with Crippen molar-refractivity contribution in [1.82, 2.24) is 14.8 Å². The molecule has 4 rings (SSSR count). The topological polar surface area (TPSA) is 86.8 Å². The third-order valence-corrected chi connectivity index (χ3v) is 6.22. The summed E-state index contributed by atoms with van der Waals surface area (Å²) in [5.41, 5.74) is 3.66. The number of rotatable bonds is 6. The molecular weight excluding hydrogens is 412 g/mol. The monoisotopic (exact) mass is 442 g/mol. The number of carbonyl (C=O) groups excluding carboxylic acids is 1. The van der Waals surface area contributed by atoms with E-state index in [0.717, 1.165) is 48.3 Å². The lowest BCUT2D eigenvalue weighted by Gasteiger charge is -2.38. The molecule has 0 aliphatic heterocycles. The summed E-state index contributed by atoms with van der Waals surface area (Å²) in [4.78, 5) is 19.5. The molecule has 1 N–H and O–H groups in total. The fraction of sp³-hybridized carbons (Fsp3) is 0.385. The van der Waals surface area contributed by atoms with Crippen LogP contribution < -0.4 is 10.2 Å². The Kier molecular flexibility index (Phi) is 6.74. The SMILES string of the molecule is CC(C)C(=O)N(c1ccc(-c2cnn(C)c2)cc1)[C@H]1CC[C@H](Nc2ccc(C#N)cn2)CC1. The number of nitriles is 1. The molecule has 1 aliphatic carbocycles. The molecule has 0 unspecified atom stereocenters. The minimum Gasteiger partial charge on any atom is -0.367 e. The highest BCUT2D eigenvalue weighted by molar-refractivity contribution is 5.95. The summed E-state index contributed by atoms with van der Waals surface area (Å²) in [6, 6.07) is 14.4. The lowest BCUT2D eigenvalue weighted by Crippen LogP contribution is -2.46. The fourth-order valence-electron chi connectivity index (χ4n) is 4.41. The molecule has 1 aromatic carbocycles. The van der Waals surface area contributed by atoms with E-state index in [4.69, 9.17) is 5.26 Å². The zero-order chi connectivity index (χ0) is 23.4. The molecule has 0 bridgehead atoms. The van der Waals surface area contributed by atoms with Crippen molar-refractivity contribution in [3.8, 4) is 17.2 Å². The molecule has 7 nitrogen and oxygen atoms in total. The molecule has 2 aromatic heterocycles. The number of aryl methyl sites for hydroxylation is 1.